The van der Waals surface area contributed by atoms with Crippen molar-refractivity contribution in [3.8, 4) is 12.3 Å². The topological polar surface area (TPSA) is 20.2 Å². The molecule has 0 bridgehead atoms. The molecule has 0 aromatic carbocycles. The fraction of sp³-hybridized carbons (Fsp3) is 0.700. The summed E-state index contributed by atoms with van der Waals surface area (Å²) in [5.74, 6) is 6.21. The molecule has 2 saturated carbocycles. The van der Waals surface area contributed by atoms with Crippen LogP contribution in [-0.2, 0) is 0 Å². The molecule has 1 heteroatoms. The van der Waals surface area contributed by atoms with E-state index in [1.54, 1.807) is 5.57 Å². The highest BCUT2D eigenvalue weighted by atomic mass is 16.3. The van der Waals surface area contributed by atoms with E-state index in [-0.39, 0.29) is 11.5 Å². The van der Waals surface area contributed by atoms with Crippen LogP contribution in [0.4, 0.5) is 0 Å². The molecule has 21 heavy (non-hydrogen) atoms. The smallest absolute Gasteiger partial charge is 0.0723 e. The van der Waals surface area contributed by atoms with E-state index in [1.165, 1.54) is 44.1 Å². The highest BCUT2D eigenvalue weighted by Gasteiger charge is 2.53. The summed E-state index contributed by atoms with van der Waals surface area (Å²) in [5.41, 5.74) is 3.14. The van der Waals surface area contributed by atoms with Gasteiger partial charge in [-0.3, -0.25) is 0 Å². The molecule has 0 saturated heterocycles. The van der Waals surface area contributed by atoms with Gasteiger partial charge >= 0.3 is 0 Å². The van der Waals surface area contributed by atoms with Gasteiger partial charge in [-0.2, -0.15) is 0 Å². The van der Waals surface area contributed by atoms with Crippen LogP contribution in [0.25, 0.3) is 0 Å². The zero-order chi connectivity index (χ0) is 14.6. The van der Waals surface area contributed by atoms with Crippen molar-refractivity contribution in [1.29, 1.82) is 0 Å². The third-order valence-electron chi connectivity index (χ3n) is 7.17. The monoisotopic (exact) mass is 282 g/mol. The molecule has 0 aromatic heterocycles. The number of aliphatic hydroxyl groups excluding tert-OH is 1. The maximum atomic E-state index is 9.90. The molecule has 6 atom stereocenters. The van der Waals surface area contributed by atoms with Gasteiger partial charge in [-0.1, -0.05) is 30.6 Å². The van der Waals surface area contributed by atoms with Crippen LogP contribution in [0.5, 0.6) is 0 Å². The third-order valence-corrected chi connectivity index (χ3v) is 7.17. The molecular weight excluding hydrogens is 256 g/mol. The van der Waals surface area contributed by atoms with Crippen molar-refractivity contribution in [3.05, 3.63) is 23.3 Å². The number of aliphatic hydroxyl groups is 1. The van der Waals surface area contributed by atoms with E-state index >= 15 is 0 Å². The molecule has 0 aliphatic heterocycles. The van der Waals surface area contributed by atoms with Gasteiger partial charge in [0.05, 0.1) is 6.10 Å². The summed E-state index contributed by atoms with van der Waals surface area (Å²) in [6.07, 6.45) is 18.6. The van der Waals surface area contributed by atoms with Crippen molar-refractivity contribution in [2.24, 2.45) is 29.1 Å². The molecule has 2 fully saturated rings. The summed E-state index contributed by atoms with van der Waals surface area (Å²) in [4.78, 5) is 0. The minimum atomic E-state index is -0.178. The van der Waals surface area contributed by atoms with Gasteiger partial charge in [0, 0.05) is 11.0 Å². The van der Waals surface area contributed by atoms with Crippen molar-refractivity contribution >= 4 is 0 Å². The molecule has 1 N–H and O–H groups in total. The maximum Gasteiger partial charge on any atom is 0.0723 e. The lowest BCUT2D eigenvalue weighted by Gasteiger charge is -2.53. The second-order valence-corrected chi connectivity index (χ2v) is 7.92. The molecule has 0 aromatic rings. The first-order valence-electron chi connectivity index (χ1n) is 8.69. The second-order valence-electron chi connectivity index (χ2n) is 7.92. The highest BCUT2D eigenvalue weighted by Crippen LogP contribution is 2.61. The van der Waals surface area contributed by atoms with Crippen LogP contribution in [0.15, 0.2) is 23.3 Å². The first kappa shape index (κ1) is 13.6. The van der Waals surface area contributed by atoms with E-state index in [1.807, 2.05) is 0 Å². The van der Waals surface area contributed by atoms with Crippen LogP contribution in [0.1, 0.15) is 51.9 Å². The normalized spacial score (nSPS) is 48.3. The third kappa shape index (κ3) is 1.88. The van der Waals surface area contributed by atoms with E-state index in [2.05, 4.69) is 25.0 Å². The van der Waals surface area contributed by atoms with Gasteiger partial charge in [0.2, 0.25) is 0 Å². The van der Waals surface area contributed by atoms with Crippen LogP contribution >= 0.6 is 0 Å². The molecule has 4 aliphatic carbocycles. The van der Waals surface area contributed by atoms with Crippen LogP contribution < -0.4 is 0 Å². The van der Waals surface area contributed by atoms with Crippen molar-refractivity contribution in [1.82, 2.24) is 0 Å². The average Bonchev–Trinajstić information content (AvgIpc) is 2.83. The standard InChI is InChI=1S/C20H26O/c1-3-14-5-9-19-18-7-4-13-12-15(21)6-8-16(13)17(18)10-11-20(14,19)2/h1,5,12,15-19,21H,4,6-11H2,2H3. The molecule has 0 radical (unpaired) electrons. The number of fused-ring (bicyclic) bond motifs is 5. The van der Waals surface area contributed by atoms with E-state index in [4.69, 9.17) is 6.42 Å². The summed E-state index contributed by atoms with van der Waals surface area (Å²) in [7, 11) is 0. The predicted molar refractivity (Wildman–Crippen MR) is 85.4 cm³/mol. The van der Waals surface area contributed by atoms with E-state index in [9.17, 15) is 5.11 Å². The maximum absolute atomic E-state index is 9.90. The molecule has 0 heterocycles. The van der Waals surface area contributed by atoms with Gasteiger partial charge in [0.25, 0.3) is 0 Å². The number of terminal acetylenes is 1. The Balaban J connectivity index is 1.62. The molecule has 4 aliphatic rings. The minimum absolute atomic E-state index is 0.178. The number of hydrogen-bond acceptors (Lipinski definition) is 1. The zero-order valence-electron chi connectivity index (χ0n) is 13.0. The van der Waals surface area contributed by atoms with Gasteiger partial charge in [-0.25, -0.2) is 0 Å². The molecule has 6 unspecified atom stereocenters. The lowest BCUT2D eigenvalue weighted by Crippen LogP contribution is -2.45. The molecule has 112 valence electrons. The molecule has 0 spiro atoms. The highest BCUT2D eigenvalue weighted by molar-refractivity contribution is 5.38. The van der Waals surface area contributed by atoms with Crippen molar-refractivity contribution in [2.75, 3.05) is 0 Å². The summed E-state index contributed by atoms with van der Waals surface area (Å²) in [5, 5.41) is 9.90. The number of hydrogen-bond donors (Lipinski definition) is 1. The van der Waals surface area contributed by atoms with E-state index in [0.717, 1.165) is 30.1 Å². The van der Waals surface area contributed by atoms with Gasteiger partial charge in [0.1, 0.15) is 0 Å². The van der Waals surface area contributed by atoms with Gasteiger partial charge in [-0.05, 0) is 68.6 Å². The van der Waals surface area contributed by atoms with Gasteiger partial charge in [0.15, 0.2) is 0 Å². The van der Waals surface area contributed by atoms with E-state index in [0.29, 0.717) is 0 Å². The predicted octanol–water partition coefficient (Wildman–Crippen LogP) is 4.09. The van der Waals surface area contributed by atoms with Crippen LogP contribution in [0.3, 0.4) is 0 Å². The van der Waals surface area contributed by atoms with Crippen LogP contribution in [0, 0.1) is 41.4 Å². The number of rotatable bonds is 0. The Morgan fingerprint density at radius 3 is 2.90 bits per heavy atom. The number of allylic oxidation sites excluding steroid dienone is 3. The van der Waals surface area contributed by atoms with Gasteiger partial charge in [-0.15, -0.1) is 6.42 Å². The SMILES string of the molecule is C#CC1=CCC2C3CCC4=CC(O)CCC4C3CCC12C. The van der Waals surface area contributed by atoms with Crippen molar-refractivity contribution in [3.63, 3.8) is 0 Å². The quantitative estimate of drug-likeness (QED) is 0.524. The van der Waals surface area contributed by atoms with Crippen LogP contribution in [0.2, 0.25) is 0 Å². The first-order valence-corrected chi connectivity index (χ1v) is 8.69. The lowest BCUT2D eigenvalue weighted by molar-refractivity contribution is 0.00629. The lowest BCUT2D eigenvalue weighted by atomic mass is 9.51. The Bertz CT molecular complexity index is 549. The second kappa shape index (κ2) is 4.75. The minimum Gasteiger partial charge on any atom is -0.389 e. The molecule has 0 amide bonds. The molecular formula is C20H26O. The Morgan fingerprint density at radius 1 is 1.24 bits per heavy atom. The fourth-order valence-electron chi connectivity index (χ4n) is 6.10. The summed E-state index contributed by atoms with van der Waals surface area (Å²) >= 11 is 0. The van der Waals surface area contributed by atoms with E-state index < -0.39 is 0 Å². The fourth-order valence-corrected chi connectivity index (χ4v) is 6.10. The van der Waals surface area contributed by atoms with Crippen molar-refractivity contribution < 1.29 is 5.11 Å². The molecule has 1 nitrogen and oxygen atoms in total. The van der Waals surface area contributed by atoms with Crippen molar-refractivity contribution in [2.45, 2.75) is 58.0 Å². The summed E-state index contributed by atoms with van der Waals surface area (Å²) in [6, 6.07) is 0. The summed E-state index contributed by atoms with van der Waals surface area (Å²) in [6.45, 7) is 2.42. The molecule has 4 rings (SSSR count). The largest absolute Gasteiger partial charge is 0.389 e. The Kier molecular flexibility index (Phi) is 3.09. The zero-order valence-corrected chi connectivity index (χ0v) is 13.0. The van der Waals surface area contributed by atoms with Crippen LogP contribution in [-0.4, -0.2) is 11.2 Å². The van der Waals surface area contributed by atoms with Gasteiger partial charge < -0.3 is 5.11 Å². The first-order chi connectivity index (χ1) is 10.1. The average molecular weight is 282 g/mol. The Labute approximate surface area is 128 Å². The Morgan fingerprint density at radius 2 is 2.10 bits per heavy atom. The summed E-state index contributed by atoms with van der Waals surface area (Å²) < 4.78 is 0. The Hall–Kier alpha value is -1.00.